The summed E-state index contributed by atoms with van der Waals surface area (Å²) in [4.78, 5) is 22.2. The highest BCUT2D eigenvalue weighted by molar-refractivity contribution is 5.72. The molecule has 2 aromatic rings. The molecule has 0 bridgehead atoms. The van der Waals surface area contributed by atoms with Crippen LogP contribution in [0.1, 0.15) is 71.1 Å². The van der Waals surface area contributed by atoms with E-state index in [4.69, 9.17) is 4.84 Å². The first-order valence-electron chi connectivity index (χ1n) is 8.69. The van der Waals surface area contributed by atoms with Gasteiger partial charge >= 0.3 is 5.97 Å². The zero-order valence-corrected chi connectivity index (χ0v) is 13.9. The third-order valence-electron chi connectivity index (χ3n) is 3.85. The summed E-state index contributed by atoms with van der Waals surface area (Å²) in [5, 5.41) is 7.69. The van der Waals surface area contributed by atoms with Crippen molar-refractivity contribution in [3.8, 4) is 0 Å². The van der Waals surface area contributed by atoms with Gasteiger partial charge in [0.15, 0.2) is 0 Å². The third kappa shape index (κ3) is 5.96. The van der Waals surface area contributed by atoms with E-state index in [0.29, 0.717) is 17.6 Å². The average Bonchev–Trinajstić information content (AvgIpc) is 2.96. The minimum absolute atomic E-state index is 0.287. The Labute approximate surface area is 137 Å². The highest BCUT2D eigenvalue weighted by atomic mass is 16.7. The van der Waals surface area contributed by atoms with E-state index in [-0.39, 0.29) is 5.97 Å². The van der Waals surface area contributed by atoms with Gasteiger partial charge in [-0.3, -0.25) is 0 Å². The number of hydrogen-bond donors (Lipinski definition) is 0. The van der Waals surface area contributed by atoms with Crippen molar-refractivity contribution in [2.24, 2.45) is 0 Å². The monoisotopic (exact) mass is 318 g/mol. The summed E-state index contributed by atoms with van der Waals surface area (Å²) >= 11 is 0. The largest absolute Gasteiger partial charge is 0.335 e. The Kier molecular flexibility index (Phi) is 7.49. The van der Waals surface area contributed by atoms with Crippen molar-refractivity contribution in [1.29, 1.82) is 0 Å². The maximum Gasteiger partial charge on any atom is 0.335 e. The normalized spacial score (nSPS) is 11.0. The molecule has 0 atom stereocenters. The lowest BCUT2D eigenvalue weighted by Crippen LogP contribution is -2.21. The Hall–Kier alpha value is -1.98. The van der Waals surface area contributed by atoms with E-state index in [2.05, 4.69) is 22.2 Å². The molecule has 0 unspecified atom stereocenters. The lowest BCUT2D eigenvalue weighted by Gasteiger charge is -2.03. The van der Waals surface area contributed by atoms with E-state index in [9.17, 15) is 4.79 Å². The molecule has 0 saturated carbocycles. The number of fused-ring (bicyclic) bond motifs is 1. The van der Waals surface area contributed by atoms with Gasteiger partial charge < -0.3 is 4.84 Å². The summed E-state index contributed by atoms with van der Waals surface area (Å²) in [5.41, 5.74) is 1.08. The van der Waals surface area contributed by atoms with E-state index in [0.717, 1.165) is 17.7 Å². The molecule has 23 heavy (non-hydrogen) atoms. The van der Waals surface area contributed by atoms with Crippen molar-refractivity contribution in [3.63, 3.8) is 0 Å². The van der Waals surface area contributed by atoms with Crippen LogP contribution in [0.5, 0.6) is 0 Å². The van der Waals surface area contributed by atoms with Gasteiger partial charge in [0.1, 0.15) is 5.52 Å². The molecule has 126 valence electrons. The molecule has 0 amide bonds. The standard InChI is InChI=1S/C17H26N4O2/c1-2-3-4-5-6-7-8-9-10-13-16(22)23-21-17-15(19-20-21)12-11-14-18-17/h11-12,14H,2-10,13H2,1H3. The second-order valence-electron chi connectivity index (χ2n) is 5.85. The highest BCUT2D eigenvalue weighted by Crippen LogP contribution is 2.11. The Morgan fingerprint density at radius 2 is 1.78 bits per heavy atom. The minimum Gasteiger partial charge on any atom is -0.316 e. The first kappa shape index (κ1) is 17.4. The van der Waals surface area contributed by atoms with E-state index in [1.165, 1.54) is 44.9 Å². The predicted molar refractivity (Wildman–Crippen MR) is 88.8 cm³/mol. The predicted octanol–water partition coefficient (Wildman–Crippen LogP) is 3.70. The number of rotatable bonds is 11. The third-order valence-corrected chi connectivity index (χ3v) is 3.85. The molecule has 0 radical (unpaired) electrons. The van der Waals surface area contributed by atoms with E-state index in [1.54, 1.807) is 18.3 Å². The van der Waals surface area contributed by atoms with Gasteiger partial charge in [0.25, 0.3) is 0 Å². The highest BCUT2D eigenvalue weighted by Gasteiger charge is 2.10. The number of pyridine rings is 1. The second-order valence-corrected chi connectivity index (χ2v) is 5.85. The van der Waals surface area contributed by atoms with Crippen LogP contribution in [0, 0.1) is 0 Å². The van der Waals surface area contributed by atoms with Crippen molar-refractivity contribution in [3.05, 3.63) is 18.3 Å². The number of aromatic nitrogens is 4. The molecule has 0 N–H and O–H groups in total. The maximum absolute atomic E-state index is 11.8. The Morgan fingerprint density at radius 1 is 1.09 bits per heavy atom. The number of carbonyl (C=O) groups excluding carboxylic acids is 1. The van der Waals surface area contributed by atoms with Gasteiger partial charge in [0.05, 0.1) is 0 Å². The van der Waals surface area contributed by atoms with E-state index < -0.39 is 0 Å². The zero-order valence-electron chi connectivity index (χ0n) is 13.9. The number of nitrogens with zero attached hydrogens (tertiary/aromatic N) is 4. The van der Waals surface area contributed by atoms with Crippen molar-refractivity contribution in [2.75, 3.05) is 0 Å². The molecule has 0 aromatic carbocycles. The van der Waals surface area contributed by atoms with Gasteiger partial charge in [-0.2, -0.15) is 0 Å². The smallest absolute Gasteiger partial charge is 0.316 e. The van der Waals surface area contributed by atoms with Crippen molar-refractivity contribution >= 4 is 17.1 Å². The molecule has 0 fully saturated rings. The molecular formula is C17H26N4O2. The van der Waals surface area contributed by atoms with Crippen LogP contribution in [0.4, 0.5) is 0 Å². The summed E-state index contributed by atoms with van der Waals surface area (Å²) in [6.07, 6.45) is 13.0. The fraction of sp³-hybridized carbons (Fsp3) is 0.647. The topological polar surface area (TPSA) is 69.9 Å². The maximum atomic E-state index is 11.8. The number of hydrogen-bond acceptors (Lipinski definition) is 5. The molecule has 6 heteroatoms. The molecule has 0 spiro atoms. The van der Waals surface area contributed by atoms with Gasteiger partial charge in [-0.1, -0.05) is 58.3 Å². The SMILES string of the molecule is CCCCCCCCCCCC(=O)On1nnc2cccnc21. The lowest BCUT2D eigenvalue weighted by atomic mass is 10.1. The van der Waals surface area contributed by atoms with Gasteiger partial charge in [0, 0.05) is 12.6 Å². The second kappa shape index (κ2) is 9.92. The molecule has 2 rings (SSSR count). The zero-order chi connectivity index (χ0) is 16.3. The molecule has 2 aromatic heterocycles. The molecule has 6 nitrogen and oxygen atoms in total. The molecule has 0 aliphatic heterocycles. The van der Waals surface area contributed by atoms with Crippen LogP contribution in [0.25, 0.3) is 11.2 Å². The molecule has 0 aliphatic carbocycles. The fourth-order valence-corrected chi connectivity index (χ4v) is 2.53. The molecular weight excluding hydrogens is 292 g/mol. The first-order chi connectivity index (χ1) is 11.3. The molecule has 0 aliphatic rings. The number of carbonyl (C=O) groups is 1. The quantitative estimate of drug-likeness (QED) is 0.466. The van der Waals surface area contributed by atoms with Crippen molar-refractivity contribution in [2.45, 2.75) is 71.1 Å². The number of unbranched alkanes of at least 4 members (excludes halogenated alkanes) is 8. The summed E-state index contributed by atoms with van der Waals surface area (Å²) in [5.74, 6) is -0.287. The summed E-state index contributed by atoms with van der Waals surface area (Å²) < 4.78 is 0. The van der Waals surface area contributed by atoms with Crippen molar-refractivity contribution in [1.82, 2.24) is 20.1 Å². The average molecular weight is 318 g/mol. The Morgan fingerprint density at radius 3 is 2.52 bits per heavy atom. The molecule has 2 heterocycles. The van der Waals surface area contributed by atoms with Crippen LogP contribution in [-0.2, 0) is 4.79 Å². The summed E-state index contributed by atoms with van der Waals surface area (Å²) in [6.45, 7) is 2.23. The van der Waals surface area contributed by atoms with Gasteiger partial charge in [0.2, 0.25) is 5.65 Å². The summed E-state index contributed by atoms with van der Waals surface area (Å²) in [7, 11) is 0. The van der Waals surface area contributed by atoms with Gasteiger partial charge in [-0.15, -0.1) is 5.10 Å². The Balaban J connectivity index is 1.57. The minimum atomic E-state index is -0.287. The first-order valence-corrected chi connectivity index (χ1v) is 8.69. The fourth-order valence-electron chi connectivity index (χ4n) is 2.53. The van der Waals surface area contributed by atoms with Crippen LogP contribution in [-0.4, -0.2) is 26.1 Å². The lowest BCUT2D eigenvalue weighted by molar-refractivity contribution is -0.145. The molecule has 0 saturated heterocycles. The van der Waals surface area contributed by atoms with Crippen LogP contribution >= 0.6 is 0 Å². The van der Waals surface area contributed by atoms with Crippen molar-refractivity contribution < 1.29 is 9.63 Å². The van der Waals surface area contributed by atoms with Crippen LogP contribution in [0.15, 0.2) is 18.3 Å². The van der Waals surface area contributed by atoms with E-state index in [1.807, 2.05) is 0 Å². The van der Waals surface area contributed by atoms with E-state index >= 15 is 0 Å². The van der Waals surface area contributed by atoms with Crippen LogP contribution in [0.2, 0.25) is 0 Å². The van der Waals surface area contributed by atoms with Crippen LogP contribution < -0.4 is 4.84 Å². The van der Waals surface area contributed by atoms with Gasteiger partial charge in [-0.25, -0.2) is 9.78 Å². The van der Waals surface area contributed by atoms with Gasteiger partial charge in [-0.05, 0) is 28.6 Å². The van der Waals surface area contributed by atoms with Crippen LogP contribution in [0.3, 0.4) is 0 Å². The Bertz CT molecular complexity index is 597. The summed E-state index contributed by atoms with van der Waals surface area (Å²) in [6, 6.07) is 3.55.